The maximum absolute atomic E-state index is 3.27. The van der Waals surface area contributed by atoms with Crippen molar-refractivity contribution in [3.63, 3.8) is 0 Å². The van der Waals surface area contributed by atoms with Crippen molar-refractivity contribution in [1.29, 1.82) is 0 Å². The first-order valence-corrected chi connectivity index (χ1v) is 7.73. The van der Waals surface area contributed by atoms with Gasteiger partial charge >= 0.3 is 0 Å². The standard InChI is InChI=1S/C19H24N2/c1-14-11-18-16(12-17(14)13-20-2)9-10-21(3)19(18)15-7-5-4-6-8-15/h4-8,11-12,19-20H,9-10,13H2,1-3H3. The van der Waals surface area contributed by atoms with E-state index in [4.69, 9.17) is 0 Å². The van der Waals surface area contributed by atoms with Gasteiger partial charge in [-0.05, 0) is 55.3 Å². The highest BCUT2D eigenvalue weighted by molar-refractivity contribution is 5.45. The van der Waals surface area contributed by atoms with Crippen LogP contribution in [0.25, 0.3) is 0 Å². The summed E-state index contributed by atoms with van der Waals surface area (Å²) in [6.45, 7) is 4.29. The SMILES string of the molecule is CNCc1cc2c(cc1C)C(c1ccccc1)N(C)CC2. The fourth-order valence-corrected chi connectivity index (χ4v) is 3.41. The van der Waals surface area contributed by atoms with Crippen molar-refractivity contribution in [1.82, 2.24) is 10.2 Å². The average Bonchev–Trinajstić information content (AvgIpc) is 2.49. The predicted molar refractivity (Wildman–Crippen MR) is 88.6 cm³/mol. The van der Waals surface area contributed by atoms with Crippen molar-refractivity contribution in [3.05, 3.63) is 70.3 Å². The summed E-state index contributed by atoms with van der Waals surface area (Å²) in [6.07, 6.45) is 1.15. The molecule has 21 heavy (non-hydrogen) atoms. The second-order valence-corrected chi connectivity index (χ2v) is 6.05. The van der Waals surface area contributed by atoms with Crippen molar-refractivity contribution in [2.24, 2.45) is 0 Å². The van der Waals surface area contributed by atoms with Crippen molar-refractivity contribution in [2.45, 2.75) is 25.9 Å². The molecule has 2 heteroatoms. The summed E-state index contributed by atoms with van der Waals surface area (Å²) in [5.74, 6) is 0. The van der Waals surface area contributed by atoms with E-state index < -0.39 is 0 Å². The van der Waals surface area contributed by atoms with E-state index in [0.29, 0.717) is 6.04 Å². The lowest BCUT2D eigenvalue weighted by molar-refractivity contribution is 0.264. The minimum atomic E-state index is 0.386. The molecule has 0 saturated carbocycles. The summed E-state index contributed by atoms with van der Waals surface area (Å²) < 4.78 is 0. The third kappa shape index (κ3) is 2.74. The van der Waals surface area contributed by atoms with Gasteiger partial charge in [0.25, 0.3) is 0 Å². The van der Waals surface area contributed by atoms with Crippen LogP contribution in [0, 0.1) is 6.92 Å². The monoisotopic (exact) mass is 280 g/mol. The van der Waals surface area contributed by atoms with Crippen LogP contribution in [0.5, 0.6) is 0 Å². The Morgan fingerprint density at radius 1 is 1.19 bits per heavy atom. The highest BCUT2D eigenvalue weighted by atomic mass is 15.1. The average molecular weight is 280 g/mol. The Hall–Kier alpha value is -1.64. The van der Waals surface area contributed by atoms with Crippen LogP contribution in [0.3, 0.4) is 0 Å². The van der Waals surface area contributed by atoms with Crippen LogP contribution in [0.2, 0.25) is 0 Å². The van der Waals surface area contributed by atoms with Crippen LogP contribution in [0.4, 0.5) is 0 Å². The highest BCUT2D eigenvalue weighted by Crippen LogP contribution is 2.35. The minimum absolute atomic E-state index is 0.386. The van der Waals surface area contributed by atoms with Gasteiger partial charge in [0.05, 0.1) is 6.04 Å². The molecule has 0 bridgehead atoms. The molecular formula is C19H24N2. The fraction of sp³-hybridized carbons (Fsp3) is 0.368. The Morgan fingerprint density at radius 2 is 1.95 bits per heavy atom. The lowest BCUT2D eigenvalue weighted by Gasteiger charge is -2.35. The largest absolute Gasteiger partial charge is 0.316 e. The molecule has 3 rings (SSSR count). The summed E-state index contributed by atoms with van der Waals surface area (Å²) in [4.78, 5) is 2.47. The molecule has 0 radical (unpaired) electrons. The van der Waals surface area contributed by atoms with E-state index in [1.165, 1.54) is 27.8 Å². The van der Waals surface area contributed by atoms with Crippen LogP contribution in [-0.2, 0) is 13.0 Å². The quantitative estimate of drug-likeness (QED) is 0.928. The van der Waals surface area contributed by atoms with Crippen LogP contribution in [0.15, 0.2) is 42.5 Å². The lowest BCUT2D eigenvalue weighted by Crippen LogP contribution is -2.33. The molecule has 1 N–H and O–H groups in total. The van der Waals surface area contributed by atoms with Gasteiger partial charge in [-0.3, -0.25) is 4.90 Å². The number of hydrogen-bond acceptors (Lipinski definition) is 2. The third-order valence-electron chi connectivity index (χ3n) is 4.55. The second kappa shape index (κ2) is 6.00. The Labute approximate surface area is 127 Å². The maximum Gasteiger partial charge on any atom is 0.0602 e. The van der Waals surface area contributed by atoms with E-state index in [9.17, 15) is 0 Å². The predicted octanol–water partition coefficient (Wildman–Crippen LogP) is 3.29. The Balaban J connectivity index is 2.07. The van der Waals surface area contributed by atoms with E-state index in [0.717, 1.165) is 19.5 Å². The summed E-state index contributed by atoms with van der Waals surface area (Å²) in [6, 6.07) is 16.0. The number of benzene rings is 2. The summed E-state index contributed by atoms with van der Waals surface area (Å²) in [5.41, 5.74) is 7.19. The first-order chi connectivity index (χ1) is 10.2. The summed E-state index contributed by atoms with van der Waals surface area (Å²) in [5, 5.41) is 3.27. The number of fused-ring (bicyclic) bond motifs is 1. The van der Waals surface area contributed by atoms with Gasteiger partial charge < -0.3 is 5.32 Å². The Morgan fingerprint density at radius 3 is 2.67 bits per heavy atom. The molecule has 1 unspecified atom stereocenters. The lowest BCUT2D eigenvalue weighted by atomic mass is 9.86. The topological polar surface area (TPSA) is 15.3 Å². The van der Waals surface area contributed by atoms with Crippen LogP contribution in [0.1, 0.15) is 33.9 Å². The van der Waals surface area contributed by atoms with Crippen molar-refractivity contribution in [2.75, 3.05) is 20.6 Å². The van der Waals surface area contributed by atoms with Crippen molar-refractivity contribution < 1.29 is 0 Å². The van der Waals surface area contributed by atoms with E-state index in [1.54, 1.807) is 0 Å². The van der Waals surface area contributed by atoms with Crippen LogP contribution < -0.4 is 5.32 Å². The molecule has 0 fully saturated rings. The Kier molecular flexibility index (Phi) is 4.09. The second-order valence-electron chi connectivity index (χ2n) is 6.05. The minimum Gasteiger partial charge on any atom is -0.316 e. The number of hydrogen-bond donors (Lipinski definition) is 1. The van der Waals surface area contributed by atoms with Gasteiger partial charge in [-0.2, -0.15) is 0 Å². The maximum atomic E-state index is 3.27. The smallest absolute Gasteiger partial charge is 0.0602 e. The summed E-state index contributed by atoms with van der Waals surface area (Å²) >= 11 is 0. The zero-order chi connectivity index (χ0) is 14.8. The number of nitrogens with one attached hydrogen (secondary N) is 1. The van der Waals surface area contributed by atoms with Crippen LogP contribution >= 0.6 is 0 Å². The van der Waals surface area contributed by atoms with Crippen LogP contribution in [-0.4, -0.2) is 25.5 Å². The van der Waals surface area contributed by atoms with E-state index >= 15 is 0 Å². The van der Waals surface area contributed by atoms with Gasteiger partial charge in [-0.15, -0.1) is 0 Å². The molecule has 0 saturated heterocycles. The fourth-order valence-electron chi connectivity index (χ4n) is 3.41. The summed E-state index contributed by atoms with van der Waals surface area (Å²) in [7, 11) is 4.25. The molecule has 1 atom stereocenters. The van der Waals surface area contributed by atoms with Gasteiger partial charge in [0, 0.05) is 13.1 Å². The molecule has 1 aliphatic heterocycles. The molecule has 2 aromatic rings. The molecule has 0 spiro atoms. The van der Waals surface area contributed by atoms with E-state index in [-0.39, 0.29) is 0 Å². The first kappa shape index (κ1) is 14.3. The first-order valence-electron chi connectivity index (χ1n) is 7.73. The molecule has 110 valence electrons. The van der Waals surface area contributed by atoms with Gasteiger partial charge in [0.2, 0.25) is 0 Å². The van der Waals surface area contributed by atoms with Gasteiger partial charge in [-0.25, -0.2) is 0 Å². The molecule has 1 heterocycles. The van der Waals surface area contributed by atoms with Gasteiger partial charge in [0.1, 0.15) is 0 Å². The number of likely N-dealkylation sites (N-methyl/N-ethyl adjacent to an activating group) is 1. The third-order valence-corrected chi connectivity index (χ3v) is 4.55. The molecule has 1 aliphatic rings. The molecule has 0 aliphatic carbocycles. The number of nitrogens with zero attached hydrogens (tertiary/aromatic N) is 1. The number of rotatable bonds is 3. The molecule has 0 amide bonds. The van der Waals surface area contributed by atoms with Crippen molar-refractivity contribution in [3.8, 4) is 0 Å². The van der Waals surface area contributed by atoms with E-state index in [1.807, 2.05) is 7.05 Å². The molecule has 0 aromatic heterocycles. The molecule has 2 aromatic carbocycles. The van der Waals surface area contributed by atoms with Gasteiger partial charge in [0.15, 0.2) is 0 Å². The molecular weight excluding hydrogens is 256 g/mol. The highest BCUT2D eigenvalue weighted by Gasteiger charge is 2.26. The molecule has 2 nitrogen and oxygen atoms in total. The Bertz CT molecular complexity index is 619. The zero-order valence-electron chi connectivity index (χ0n) is 13.2. The number of aryl methyl sites for hydroxylation is 1. The normalized spacial score (nSPS) is 18.5. The van der Waals surface area contributed by atoms with E-state index in [2.05, 4.69) is 66.7 Å². The zero-order valence-corrected chi connectivity index (χ0v) is 13.2. The van der Waals surface area contributed by atoms with Crippen molar-refractivity contribution >= 4 is 0 Å². The van der Waals surface area contributed by atoms with Gasteiger partial charge in [-0.1, -0.05) is 42.5 Å².